The Labute approximate surface area is 571 Å². The predicted octanol–water partition coefficient (Wildman–Crippen LogP) is 5.54. The highest BCUT2D eigenvalue weighted by Gasteiger charge is 2.54. The number of hydrogen-bond acceptors (Lipinski definition) is 18. The molecular formula is C70H98F3N15O8S. The van der Waals surface area contributed by atoms with Crippen LogP contribution in [0, 0.1) is 41.2 Å². The predicted molar refractivity (Wildman–Crippen MR) is 364 cm³/mol. The number of likely N-dealkylation sites (N-methyl/N-ethyl adjacent to an activating group) is 1. The number of likely N-dealkylation sites (tertiary alicyclic amines) is 3. The van der Waals surface area contributed by atoms with Crippen molar-refractivity contribution in [3.63, 3.8) is 0 Å². The molecule has 1 unspecified atom stereocenters. The molecule has 528 valence electrons. The van der Waals surface area contributed by atoms with Gasteiger partial charge in [-0.05, 0) is 125 Å². The molecule has 0 radical (unpaired) electrons. The van der Waals surface area contributed by atoms with E-state index in [-0.39, 0.29) is 74.3 Å². The van der Waals surface area contributed by atoms with Gasteiger partial charge in [-0.2, -0.15) is 0 Å². The number of hydrogen-bond donors (Lipinski definition) is 7. The average Bonchev–Trinajstić information content (AvgIpc) is 1.08. The van der Waals surface area contributed by atoms with Gasteiger partial charge in [-0.15, -0.1) is 11.3 Å². The smallest absolute Gasteiger partial charge is 0.258 e. The number of aromatic nitrogens is 3. The summed E-state index contributed by atoms with van der Waals surface area (Å²) in [6, 6.07) is 8.18. The van der Waals surface area contributed by atoms with E-state index in [1.807, 2.05) is 31.2 Å². The summed E-state index contributed by atoms with van der Waals surface area (Å²) >= 11 is 1.47. The first kappa shape index (κ1) is 71.1. The minimum atomic E-state index is -2.00. The van der Waals surface area contributed by atoms with Crippen LogP contribution in [0.3, 0.4) is 0 Å². The topological polar surface area (TPSA) is 262 Å². The molecule has 7 N–H and O–H groups in total. The fourth-order valence-corrected chi connectivity index (χ4v) is 15.6. The van der Waals surface area contributed by atoms with Crippen molar-refractivity contribution in [1.29, 1.82) is 0 Å². The van der Waals surface area contributed by atoms with Gasteiger partial charge in [0, 0.05) is 127 Å². The molecule has 2 saturated carbocycles. The van der Waals surface area contributed by atoms with E-state index in [4.69, 9.17) is 4.74 Å². The Bertz CT molecular complexity index is 3480. The van der Waals surface area contributed by atoms with Crippen LogP contribution in [0.25, 0.3) is 10.4 Å². The number of fused-ring (bicyclic) bond motifs is 1. The van der Waals surface area contributed by atoms with Gasteiger partial charge in [0.25, 0.3) is 11.8 Å². The van der Waals surface area contributed by atoms with Crippen molar-refractivity contribution in [2.45, 2.75) is 161 Å². The number of aryl methyl sites for hydroxylation is 1. The van der Waals surface area contributed by atoms with E-state index in [0.717, 1.165) is 73.8 Å². The number of carbonyl (C=O) groups excluding carboxylic acids is 6. The SMILES string of the molecule is Cc1ncsc1-c1ccc(CNC(=O)[C@@H]2C[C@@H](O)CN2C(=O)[C@@H](NC(=O)C2(F)CC2)C(C)(C)C)c(OCC(=O)NCCN(C)C2C[C@@H]3CN(CCC(=O)NCCCNc4cc(N5CCC6(CC5)CN(c5cc(F)c(CN7CCC(C)(C)CC7)cc5F)CC(=O)N6)ncn4)C[C@@H]3C2)c1. The van der Waals surface area contributed by atoms with Gasteiger partial charge in [-0.25, -0.2) is 28.1 Å². The van der Waals surface area contributed by atoms with E-state index in [2.05, 4.69) is 87.3 Å². The largest absolute Gasteiger partial charge is 0.483 e. The standard InChI is InChI=1S/C70H98F3N15O8S/c1-44-62(97-43-80-44)45-9-10-46(34-77-64(93)55-31-51(89)38-88(55)65(94)63(67(2,3)4)81-66(95)70(73)12-13-70)56(30-45)96-40-61(92)76-20-26-83(7)50-27-47-35-85(36-48(47)28-50)21-11-59(90)75-19-8-18-74-57-33-58(79-42-78-57)86-24-16-69(17-25-86)41-87(39-60(91)82-69)54-32-52(71)49(29-53(54)72)37-84-22-14-68(5,6)15-23-84/h9-10,29-30,32-33,42-43,47-48,50-51,55,63,89H,8,11-28,31,34-41H2,1-7H3,(H,75,90)(H,76,92)(H,77,93)(H,81,95)(H,82,91)(H,74,78,79)/t47-,48+,50?,51-,55+,63-/m1/s1. The Morgan fingerprint density at radius 2 is 1.57 bits per heavy atom. The summed E-state index contributed by atoms with van der Waals surface area (Å²) in [6.45, 7) is 19.6. The van der Waals surface area contributed by atoms with Gasteiger partial charge >= 0.3 is 0 Å². The lowest BCUT2D eigenvalue weighted by Gasteiger charge is -2.48. The summed E-state index contributed by atoms with van der Waals surface area (Å²) in [5.41, 5.74) is 1.28. The minimum absolute atomic E-state index is 0.0167. The van der Waals surface area contributed by atoms with Gasteiger partial charge in [0.15, 0.2) is 12.3 Å². The quantitative estimate of drug-likeness (QED) is 0.0381. The van der Waals surface area contributed by atoms with E-state index in [0.29, 0.717) is 125 Å². The van der Waals surface area contributed by atoms with Crippen LogP contribution in [0.1, 0.15) is 122 Å². The molecule has 2 aliphatic carbocycles. The number of nitrogens with zero attached hydrogens (tertiary/aromatic N) is 9. The van der Waals surface area contributed by atoms with E-state index in [1.54, 1.807) is 31.2 Å². The van der Waals surface area contributed by atoms with Crippen LogP contribution in [0.15, 0.2) is 48.2 Å². The number of β-amino-alcohol motifs (C(OH)–C–C–N with tert-alkyl or cyclic N) is 1. The van der Waals surface area contributed by atoms with Crippen LogP contribution >= 0.6 is 11.3 Å². The summed E-state index contributed by atoms with van der Waals surface area (Å²) in [5, 5.41) is 28.8. The maximum absolute atomic E-state index is 15.8. The first-order chi connectivity index (χ1) is 46.2. The number of nitrogens with one attached hydrogen (secondary N) is 6. The highest BCUT2D eigenvalue weighted by Crippen LogP contribution is 2.42. The van der Waals surface area contributed by atoms with Crippen molar-refractivity contribution in [3.8, 4) is 16.2 Å². The third-order valence-electron chi connectivity index (χ3n) is 21.1. The van der Waals surface area contributed by atoms with Gasteiger partial charge < -0.3 is 66.2 Å². The maximum Gasteiger partial charge on any atom is 0.258 e. The molecule has 11 rings (SSSR count). The molecule has 2 aromatic heterocycles. The summed E-state index contributed by atoms with van der Waals surface area (Å²) in [7, 11) is 2.09. The van der Waals surface area contributed by atoms with Crippen molar-refractivity contribution in [3.05, 3.63) is 76.7 Å². The number of anilines is 3. The number of piperazine rings is 1. The number of alkyl halides is 1. The molecule has 7 heterocycles. The highest BCUT2D eigenvalue weighted by molar-refractivity contribution is 7.13. The van der Waals surface area contributed by atoms with Crippen molar-refractivity contribution < 1.29 is 51.8 Å². The van der Waals surface area contributed by atoms with Gasteiger partial charge in [-0.1, -0.05) is 46.8 Å². The molecule has 23 nitrogen and oxygen atoms in total. The summed E-state index contributed by atoms with van der Waals surface area (Å²) in [4.78, 5) is 106. The maximum atomic E-state index is 15.8. The second kappa shape index (κ2) is 30.1. The van der Waals surface area contributed by atoms with Crippen LogP contribution < -0.4 is 46.4 Å². The number of benzene rings is 2. The lowest BCUT2D eigenvalue weighted by Crippen LogP contribution is -2.66. The van der Waals surface area contributed by atoms with Gasteiger partial charge in [0.1, 0.15) is 47.4 Å². The Kier molecular flexibility index (Phi) is 22.1. The van der Waals surface area contributed by atoms with Crippen LogP contribution in [-0.4, -0.2) is 216 Å². The third-order valence-corrected chi connectivity index (χ3v) is 22.1. The zero-order valence-corrected chi connectivity index (χ0v) is 58.1. The van der Waals surface area contributed by atoms with Crippen molar-refractivity contribution in [2.24, 2.45) is 22.7 Å². The summed E-state index contributed by atoms with van der Waals surface area (Å²) < 4.78 is 52.3. The van der Waals surface area contributed by atoms with Gasteiger partial charge in [0.2, 0.25) is 23.6 Å². The first-order valence-corrected chi connectivity index (χ1v) is 35.5. The Balaban J connectivity index is 0.561. The van der Waals surface area contributed by atoms with Crippen molar-refractivity contribution >= 4 is 64.1 Å². The van der Waals surface area contributed by atoms with Gasteiger partial charge in [-0.3, -0.25) is 33.7 Å². The van der Waals surface area contributed by atoms with Gasteiger partial charge in [0.05, 0.1) is 40.0 Å². The average molecular weight is 1370 g/mol. The van der Waals surface area contributed by atoms with Crippen LogP contribution in [0.4, 0.5) is 30.5 Å². The fourth-order valence-electron chi connectivity index (χ4n) is 14.8. The Hall–Kier alpha value is -7.20. The number of halogens is 3. The van der Waals surface area contributed by atoms with Crippen molar-refractivity contribution in [1.82, 2.24) is 61.1 Å². The Morgan fingerprint density at radius 1 is 0.835 bits per heavy atom. The molecule has 97 heavy (non-hydrogen) atoms. The molecular weight excluding hydrogens is 1270 g/mol. The number of thiazole rings is 1. The lowest BCUT2D eigenvalue weighted by molar-refractivity contribution is -0.145. The monoisotopic (exact) mass is 1370 g/mol. The minimum Gasteiger partial charge on any atom is -0.483 e. The number of carbonyl (C=O) groups is 6. The zero-order chi connectivity index (χ0) is 69.0. The first-order valence-electron chi connectivity index (χ1n) is 34.6. The molecule has 7 fully saturated rings. The molecule has 5 saturated heterocycles. The Morgan fingerprint density at radius 3 is 2.27 bits per heavy atom. The van der Waals surface area contributed by atoms with Crippen LogP contribution in [0.2, 0.25) is 0 Å². The van der Waals surface area contributed by atoms with E-state index in [1.165, 1.54) is 34.7 Å². The number of amides is 6. The normalized spacial score (nSPS) is 23.2. The van der Waals surface area contributed by atoms with E-state index >= 15 is 8.78 Å². The van der Waals surface area contributed by atoms with Crippen molar-refractivity contribution in [2.75, 3.05) is 120 Å². The zero-order valence-electron chi connectivity index (χ0n) is 57.3. The molecule has 2 aromatic carbocycles. The number of piperidine rings is 2. The van der Waals surface area contributed by atoms with E-state index in [9.17, 15) is 38.3 Å². The van der Waals surface area contributed by atoms with E-state index < -0.39 is 64.2 Å². The molecule has 27 heteroatoms. The number of aliphatic hydroxyl groups is 1. The third kappa shape index (κ3) is 17.8. The highest BCUT2D eigenvalue weighted by atomic mass is 32.1. The van der Waals surface area contributed by atoms with Crippen LogP contribution in [-0.2, 0) is 41.9 Å². The molecule has 1 spiro atoms. The molecule has 4 aromatic rings. The number of aliphatic hydroxyl groups excluding tert-OH is 1. The number of ether oxygens (including phenoxy) is 1. The molecule has 5 aliphatic heterocycles. The molecule has 6 amide bonds. The molecule has 6 atom stereocenters. The lowest BCUT2D eigenvalue weighted by atomic mass is 9.82. The number of rotatable bonds is 26. The second-order valence-corrected chi connectivity index (χ2v) is 31.0. The fraction of sp³-hybridized carbons (Fsp3) is 0.643. The molecule has 7 aliphatic rings. The van der Waals surface area contributed by atoms with Crippen LogP contribution in [0.5, 0.6) is 5.75 Å². The summed E-state index contributed by atoms with van der Waals surface area (Å²) in [6.07, 6.45) is 7.11. The molecule has 0 bridgehead atoms. The second-order valence-electron chi connectivity index (χ2n) is 30.1. The summed E-state index contributed by atoms with van der Waals surface area (Å²) in [5.74, 6) is -0.552.